The Labute approximate surface area is 234 Å². The van der Waals surface area contributed by atoms with Gasteiger partial charge in [-0.15, -0.1) is 0 Å². The van der Waals surface area contributed by atoms with Gasteiger partial charge in [0.25, 0.3) is 0 Å². The van der Waals surface area contributed by atoms with E-state index >= 15 is 0 Å². The lowest BCUT2D eigenvalue weighted by Crippen LogP contribution is -2.53. The van der Waals surface area contributed by atoms with Gasteiger partial charge in [-0.05, 0) is 55.9 Å². The minimum absolute atomic E-state index is 0.0777. The number of ether oxygens (including phenoxy) is 3. The molecule has 10 heteroatoms. The molecule has 0 aliphatic heterocycles. The fourth-order valence-corrected chi connectivity index (χ4v) is 4.82. The molecule has 2 aromatic rings. The molecule has 0 unspecified atom stereocenters. The van der Waals surface area contributed by atoms with Gasteiger partial charge in [0.15, 0.2) is 6.04 Å². The number of benzene rings is 2. The van der Waals surface area contributed by atoms with Gasteiger partial charge < -0.3 is 24.6 Å². The third-order valence-electron chi connectivity index (χ3n) is 6.62. The van der Waals surface area contributed by atoms with Crippen LogP contribution >= 0.6 is 0 Å². The number of amides is 2. The first-order chi connectivity index (χ1) is 18.7. The number of alkyl carbamates (subject to hydrolysis) is 1. The Balaban J connectivity index is 1.67. The molecule has 1 aliphatic carbocycles. The third kappa shape index (κ3) is 7.11. The van der Waals surface area contributed by atoms with Gasteiger partial charge in [-0.2, -0.15) is 0 Å². The number of esters is 1. The van der Waals surface area contributed by atoms with Crippen molar-refractivity contribution >= 4 is 24.1 Å². The number of carbonyl (C=O) groups excluding carboxylic acids is 3. The molecule has 2 amide bonds. The quantitative estimate of drug-likeness (QED) is 0.334. The molecule has 0 radical (unpaired) electrons. The second-order valence-corrected chi connectivity index (χ2v) is 11.2. The maximum Gasteiger partial charge on any atom is 0.410 e. The van der Waals surface area contributed by atoms with E-state index in [4.69, 9.17) is 14.2 Å². The highest BCUT2D eigenvalue weighted by Crippen LogP contribution is 2.44. The smallest absolute Gasteiger partial charge is 0.410 e. The van der Waals surface area contributed by atoms with Crippen LogP contribution in [0.1, 0.15) is 58.6 Å². The van der Waals surface area contributed by atoms with Crippen molar-refractivity contribution in [2.75, 3.05) is 13.7 Å². The number of nitrogens with zero attached hydrogens (tertiary/aromatic N) is 1. The van der Waals surface area contributed by atoms with Crippen molar-refractivity contribution in [2.24, 2.45) is 5.92 Å². The van der Waals surface area contributed by atoms with E-state index in [1.54, 1.807) is 34.6 Å². The molecule has 0 spiro atoms. The number of rotatable bonds is 9. The number of hydrogen-bond donors (Lipinski definition) is 2. The Morgan fingerprint density at radius 2 is 1.48 bits per heavy atom. The summed E-state index contributed by atoms with van der Waals surface area (Å²) in [5.41, 5.74) is 3.47. The average Bonchev–Trinajstić information content (AvgIpc) is 3.18. The first-order valence-electron chi connectivity index (χ1n) is 13.2. The third-order valence-corrected chi connectivity index (χ3v) is 6.62. The minimum Gasteiger partial charge on any atom is -0.480 e. The number of carboxylic acid groups (broad SMARTS) is 1. The maximum absolute atomic E-state index is 13.2. The summed E-state index contributed by atoms with van der Waals surface area (Å²) in [6, 6.07) is 13.3. The molecular formula is C30H38N2O8. The van der Waals surface area contributed by atoms with Crippen molar-refractivity contribution in [3.05, 3.63) is 59.7 Å². The molecule has 40 heavy (non-hydrogen) atoms. The van der Waals surface area contributed by atoms with Crippen LogP contribution in [0.2, 0.25) is 0 Å². The standard InChI is InChI=1S/C30H38N2O8/c1-17(2)25(27(35)39-18(3)24(26(33)34)31-28(36)40-30(4,5)6)32(7)29(37)38-16-23-21-14-10-8-12-19(21)20-13-9-11-15-22(20)23/h8-15,17-18,23-25H,16H2,1-7H3,(H,31,36)(H,33,34)/t18-,24-,25+/m1/s1. The Morgan fingerprint density at radius 3 is 1.95 bits per heavy atom. The van der Waals surface area contributed by atoms with Crippen molar-refractivity contribution in [2.45, 2.75) is 71.2 Å². The SMILES string of the molecule is CC(C)[C@@H](C(=O)O[C@H](C)[C@@H](NC(=O)OC(C)(C)C)C(=O)O)N(C)C(=O)OCC1c2ccccc2-c2ccccc21. The van der Waals surface area contributed by atoms with Crippen LogP contribution in [0.25, 0.3) is 11.1 Å². The maximum atomic E-state index is 13.2. The minimum atomic E-state index is -1.56. The van der Waals surface area contributed by atoms with Crippen LogP contribution in [0.5, 0.6) is 0 Å². The van der Waals surface area contributed by atoms with Crippen molar-refractivity contribution in [1.29, 1.82) is 0 Å². The highest BCUT2D eigenvalue weighted by Gasteiger charge is 2.37. The Morgan fingerprint density at radius 1 is 0.950 bits per heavy atom. The van der Waals surface area contributed by atoms with Crippen LogP contribution in [0.3, 0.4) is 0 Å². The van der Waals surface area contributed by atoms with E-state index in [0.29, 0.717) is 0 Å². The summed E-state index contributed by atoms with van der Waals surface area (Å²) in [6.45, 7) is 9.80. The molecule has 0 bridgehead atoms. The summed E-state index contributed by atoms with van der Waals surface area (Å²) in [5, 5.41) is 11.8. The van der Waals surface area contributed by atoms with E-state index in [1.165, 1.54) is 14.0 Å². The normalized spacial score (nSPS) is 14.8. The van der Waals surface area contributed by atoms with E-state index < -0.39 is 47.9 Å². The molecule has 1 aliphatic rings. The molecule has 0 fully saturated rings. The van der Waals surface area contributed by atoms with Gasteiger partial charge in [0.05, 0.1) is 0 Å². The van der Waals surface area contributed by atoms with Gasteiger partial charge in [0, 0.05) is 13.0 Å². The summed E-state index contributed by atoms with van der Waals surface area (Å²) < 4.78 is 16.2. The molecule has 0 aromatic heterocycles. The zero-order valence-corrected chi connectivity index (χ0v) is 24.0. The molecular weight excluding hydrogens is 516 g/mol. The molecule has 216 valence electrons. The largest absolute Gasteiger partial charge is 0.480 e. The number of carbonyl (C=O) groups is 4. The summed E-state index contributed by atoms with van der Waals surface area (Å²) in [6.07, 6.45) is -2.93. The summed E-state index contributed by atoms with van der Waals surface area (Å²) in [7, 11) is 1.43. The highest BCUT2D eigenvalue weighted by atomic mass is 16.6. The van der Waals surface area contributed by atoms with Gasteiger partial charge in [-0.25, -0.2) is 19.2 Å². The Kier molecular flexibility index (Phi) is 9.44. The number of fused-ring (bicyclic) bond motifs is 3. The van der Waals surface area contributed by atoms with Crippen LogP contribution in [0, 0.1) is 5.92 Å². The van der Waals surface area contributed by atoms with Crippen LogP contribution in [0.15, 0.2) is 48.5 Å². The molecule has 0 saturated carbocycles. The number of likely N-dealkylation sites (N-methyl/N-ethyl adjacent to an activating group) is 1. The van der Waals surface area contributed by atoms with Crippen molar-refractivity contribution < 1.29 is 38.5 Å². The predicted octanol–water partition coefficient (Wildman–Crippen LogP) is 4.80. The van der Waals surface area contributed by atoms with Crippen LogP contribution < -0.4 is 5.32 Å². The summed E-state index contributed by atoms with van der Waals surface area (Å²) >= 11 is 0. The van der Waals surface area contributed by atoms with Gasteiger partial charge in [-0.3, -0.25) is 4.90 Å². The van der Waals surface area contributed by atoms with E-state index in [-0.39, 0.29) is 18.4 Å². The molecule has 2 aromatic carbocycles. The molecule has 2 N–H and O–H groups in total. The second-order valence-electron chi connectivity index (χ2n) is 11.2. The molecule has 0 saturated heterocycles. The van der Waals surface area contributed by atoms with Gasteiger partial charge in [-0.1, -0.05) is 62.4 Å². The fraction of sp³-hybridized carbons (Fsp3) is 0.467. The monoisotopic (exact) mass is 554 g/mol. The first-order valence-corrected chi connectivity index (χ1v) is 13.2. The Hall–Kier alpha value is -4.08. The number of carboxylic acids is 1. The highest BCUT2D eigenvalue weighted by molar-refractivity contribution is 5.84. The lowest BCUT2D eigenvalue weighted by Gasteiger charge is -2.31. The first kappa shape index (κ1) is 30.5. The number of nitrogens with one attached hydrogen (secondary N) is 1. The van der Waals surface area contributed by atoms with Gasteiger partial charge in [0.2, 0.25) is 0 Å². The van der Waals surface area contributed by atoms with Gasteiger partial charge in [0.1, 0.15) is 24.4 Å². The number of aliphatic carboxylic acids is 1. The van der Waals surface area contributed by atoms with Crippen LogP contribution in [-0.4, -0.2) is 71.6 Å². The zero-order chi connectivity index (χ0) is 29.8. The molecule has 0 heterocycles. The second kappa shape index (κ2) is 12.4. The summed E-state index contributed by atoms with van der Waals surface area (Å²) in [5.74, 6) is -2.76. The van der Waals surface area contributed by atoms with E-state index in [1.807, 2.05) is 48.5 Å². The van der Waals surface area contributed by atoms with Crippen LogP contribution in [-0.2, 0) is 23.8 Å². The van der Waals surface area contributed by atoms with Gasteiger partial charge >= 0.3 is 24.1 Å². The lowest BCUT2D eigenvalue weighted by atomic mass is 9.98. The van der Waals surface area contributed by atoms with E-state index in [2.05, 4.69) is 5.32 Å². The lowest BCUT2D eigenvalue weighted by molar-refractivity contribution is -0.160. The van der Waals surface area contributed by atoms with Crippen molar-refractivity contribution in [3.63, 3.8) is 0 Å². The topological polar surface area (TPSA) is 131 Å². The van der Waals surface area contributed by atoms with E-state index in [9.17, 15) is 24.3 Å². The zero-order valence-electron chi connectivity index (χ0n) is 24.0. The fourth-order valence-electron chi connectivity index (χ4n) is 4.82. The molecule has 10 nitrogen and oxygen atoms in total. The Bertz CT molecular complexity index is 1210. The predicted molar refractivity (Wildman–Crippen MR) is 148 cm³/mol. The van der Waals surface area contributed by atoms with E-state index in [0.717, 1.165) is 27.2 Å². The average molecular weight is 555 g/mol. The molecule has 3 atom stereocenters. The molecule has 3 rings (SSSR count). The van der Waals surface area contributed by atoms with Crippen molar-refractivity contribution in [1.82, 2.24) is 10.2 Å². The van der Waals surface area contributed by atoms with Crippen molar-refractivity contribution in [3.8, 4) is 11.1 Å². The number of hydrogen-bond acceptors (Lipinski definition) is 7. The summed E-state index contributed by atoms with van der Waals surface area (Å²) in [4.78, 5) is 51.4. The van der Waals surface area contributed by atoms with Crippen LogP contribution in [0.4, 0.5) is 9.59 Å².